The van der Waals surface area contributed by atoms with Gasteiger partial charge in [0.15, 0.2) is 33.1 Å². The molecule has 1 saturated heterocycles. The Kier molecular flexibility index (Phi) is 6.18. The third-order valence-electron chi connectivity index (χ3n) is 7.35. The van der Waals surface area contributed by atoms with Gasteiger partial charge in [0.05, 0.1) is 27.4 Å². The van der Waals surface area contributed by atoms with Gasteiger partial charge in [-0.15, -0.1) is 0 Å². The first-order chi connectivity index (χ1) is 16.8. The normalized spacial score (nSPS) is 29.0. The van der Waals surface area contributed by atoms with Gasteiger partial charge in [0.1, 0.15) is 0 Å². The number of carbonyl (C=O) groups excluding carboxylic acids is 1. The van der Waals surface area contributed by atoms with Crippen LogP contribution in [0.5, 0.6) is 0 Å². The molecule has 6 nitrogen and oxygen atoms in total. The monoisotopic (exact) mass is 543 g/mol. The van der Waals surface area contributed by atoms with Gasteiger partial charge < -0.3 is 14.8 Å². The lowest BCUT2D eigenvalue weighted by molar-refractivity contribution is -0.171. The number of ether oxygens (including phenoxy) is 2. The standard InChI is InChI=1S/C25H25ClF3NO5S/c1-24(2)34-12-25(35-24)10-14-3-4-15(11-25)22(14)36(32,33)20-7-13(5-6-17(20)26)23(31)30-16-8-18(27)21(29)19(28)9-16/h5-9,14-15,22H,3-4,10-12H2,1-2H3,(H,30,31)/t14-,15?,22+,25+/m0/s1. The predicted molar refractivity (Wildman–Crippen MR) is 126 cm³/mol. The Balaban J connectivity index is 1.41. The minimum atomic E-state index is -3.93. The van der Waals surface area contributed by atoms with Gasteiger partial charge >= 0.3 is 0 Å². The third-order valence-corrected chi connectivity index (χ3v) is 10.2. The van der Waals surface area contributed by atoms with Crippen molar-refractivity contribution in [3.63, 3.8) is 0 Å². The summed E-state index contributed by atoms with van der Waals surface area (Å²) in [6, 6.07) is 5.05. The Hall–Kier alpha value is -2.14. The van der Waals surface area contributed by atoms with Crippen LogP contribution in [0.1, 0.15) is 49.9 Å². The molecule has 194 valence electrons. The zero-order valence-electron chi connectivity index (χ0n) is 19.6. The molecule has 1 amide bonds. The topological polar surface area (TPSA) is 81.7 Å². The van der Waals surface area contributed by atoms with E-state index in [9.17, 15) is 26.4 Å². The van der Waals surface area contributed by atoms with E-state index in [2.05, 4.69) is 5.32 Å². The van der Waals surface area contributed by atoms with Crippen LogP contribution < -0.4 is 5.32 Å². The van der Waals surface area contributed by atoms with Gasteiger partial charge in [-0.25, -0.2) is 21.6 Å². The fourth-order valence-electron chi connectivity index (χ4n) is 6.05. The van der Waals surface area contributed by atoms with E-state index < -0.39 is 49.8 Å². The highest BCUT2D eigenvalue weighted by atomic mass is 35.5. The lowest BCUT2D eigenvalue weighted by Crippen LogP contribution is -2.48. The summed E-state index contributed by atoms with van der Waals surface area (Å²) >= 11 is 6.30. The first kappa shape index (κ1) is 25.5. The van der Waals surface area contributed by atoms with Crippen molar-refractivity contribution in [2.24, 2.45) is 11.8 Å². The fraction of sp³-hybridized carbons (Fsp3) is 0.480. The lowest BCUT2D eigenvalue weighted by Gasteiger charge is -2.41. The zero-order chi connectivity index (χ0) is 26.0. The number of amides is 1. The molecule has 2 aliphatic carbocycles. The van der Waals surface area contributed by atoms with Crippen molar-refractivity contribution in [2.45, 2.75) is 61.1 Å². The molecule has 11 heteroatoms. The number of hydrogen-bond acceptors (Lipinski definition) is 5. The summed E-state index contributed by atoms with van der Waals surface area (Å²) in [5, 5.41) is 1.57. The van der Waals surface area contributed by atoms with E-state index >= 15 is 0 Å². The average molecular weight is 544 g/mol. The molecule has 3 aliphatic rings. The van der Waals surface area contributed by atoms with E-state index in [0.717, 1.165) is 12.8 Å². The van der Waals surface area contributed by atoms with Crippen molar-refractivity contribution in [1.29, 1.82) is 0 Å². The molecule has 2 saturated carbocycles. The maximum Gasteiger partial charge on any atom is 0.255 e. The second-order valence-electron chi connectivity index (χ2n) is 10.3. The number of benzene rings is 2. The molecule has 1 aliphatic heterocycles. The Morgan fingerprint density at radius 2 is 1.67 bits per heavy atom. The molecule has 1 N–H and O–H groups in total. The number of carbonyl (C=O) groups is 1. The van der Waals surface area contributed by atoms with Gasteiger partial charge in [-0.05, 0) is 69.6 Å². The van der Waals surface area contributed by atoms with E-state index in [1.165, 1.54) is 18.2 Å². The van der Waals surface area contributed by atoms with Gasteiger partial charge in [-0.2, -0.15) is 0 Å². The van der Waals surface area contributed by atoms with Crippen molar-refractivity contribution >= 4 is 33.0 Å². The molecule has 0 aromatic heterocycles. The first-order valence-electron chi connectivity index (χ1n) is 11.6. The lowest BCUT2D eigenvalue weighted by atomic mass is 9.77. The van der Waals surface area contributed by atoms with Crippen LogP contribution in [0.15, 0.2) is 35.2 Å². The highest BCUT2D eigenvalue weighted by Gasteiger charge is 2.58. The Bertz CT molecular complexity index is 1310. The molecule has 5 rings (SSSR count). The Labute approximate surface area is 212 Å². The SMILES string of the molecule is CC1(C)OC[C@@]2(CC3CC[C@@H](C2)[C@H]3S(=O)(=O)c2cc(C(=O)Nc3cc(F)c(F)c(F)c3)ccc2Cl)O1. The smallest absolute Gasteiger partial charge is 0.255 e. The van der Waals surface area contributed by atoms with Gasteiger partial charge in [-0.1, -0.05) is 11.6 Å². The molecule has 2 bridgehead atoms. The van der Waals surface area contributed by atoms with Crippen LogP contribution in [0.4, 0.5) is 18.9 Å². The van der Waals surface area contributed by atoms with Crippen LogP contribution in [0.2, 0.25) is 5.02 Å². The maximum atomic E-state index is 13.8. The van der Waals surface area contributed by atoms with Crippen molar-refractivity contribution in [1.82, 2.24) is 0 Å². The number of nitrogens with one attached hydrogen (secondary N) is 1. The average Bonchev–Trinajstić information content (AvgIpc) is 3.25. The summed E-state index contributed by atoms with van der Waals surface area (Å²) in [6.45, 7) is 4.11. The van der Waals surface area contributed by atoms with E-state index in [1.54, 1.807) is 0 Å². The Morgan fingerprint density at radius 1 is 1.06 bits per heavy atom. The number of fused-ring (bicyclic) bond motifs is 2. The molecule has 1 heterocycles. The molecule has 4 atom stereocenters. The van der Waals surface area contributed by atoms with E-state index in [-0.39, 0.29) is 33.0 Å². The van der Waals surface area contributed by atoms with Crippen molar-refractivity contribution < 1.29 is 35.9 Å². The van der Waals surface area contributed by atoms with Crippen LogP contribution in [-0.2, 0) is 19.3 Å². The molecular formula is C25H25ClF3NO5S. The highest BCUT2D eigenvalue weighted by Crippen LogP contribution is 2.55. The molecule has 2 aromatic rings. The molecule has 1 spiro atoms. The van der Waals surface area contributed by atoms with E-state index in [1.807, 2.05) is 13.8 Å². The molecule has 1 unspecified atom stereocenters. The second kappa shape index (κ2) is 8.72. The summed E-state index contributed by atoms with van der Waals surface area (Å²) in [4.78, 5) is 12.6. The zero-order valence-corrected chi connectivity index (χ0v) is 21.2. The summed E-state index contributed by atoms with van der Waals surface area (Å²) in [5.74, 6) is -6.42. The predicted octanol–water partition coefficient (Wildman–Crippen LogP) is 5.49. The number of anilines is 1. The molecule has 2 aromatic carbocycles. The van der Waals surface area contributed by atoms with Crippen LogP contribution in [-0.4, -0.2) is 37.6 Å². The van der Waals surface area contributed by atoms with Crippen molar-refractivity contribution in [2.75, 3.05) is 11.9 Å². The summed E-state index contributed by atoms with van der Waals surface area (Å²) in [7, 11) is -3.93. The quantitative estimate of drug-likeness (QED) is 0.515. The highest BCUT2D eigenvalue weighted by molar-refractivity contribution is 7.92. The first-order valence-corrected chi connectivity index (χ1v) is 13.6. The van der Waals surface area contributed by atoms with Crippen molar-refractivity contribution in [3.8, 4) is 0 Å². The Morgan fingerprint density at radius 3 is 2.22 bits per heavy atom. The number of sulfone groups is 1. The van der Waals surface area contributed by atoms with Gasteiger partial charge in [0.2, 0.25) is 0 Å². The fourth-order valence-corrected chi connectivity index (χ4v) is 8.89. The minimum absolute atomic E-state index is 0.0216. The van der Waals surface area contributed by atoms with Crippen LogP contribution in [0.25, 0.3) is 0 Å². The summed E-state index contributed by atoms with van der Waals surface area (Å²) < 4.78 is 79.9. The van der Waals surface area contributed by atoms with Crippen LogP contribution >= 0.6 is 11.6 Å². The largest absolute Gasteiger partial charge is 0.347 e. The molecule has 0 radical (unpaired) electrons. The summed E-state index contributed by atoms with van der Waals surface area (Å²) in [5.41, 5.74) is -0.892. The third kappa shape index (κ3) is 4.42. The maximum absolute atomic E-state index is 13.8. The number of rotatable bonds is 4. The molecule has 36 heavy (non-hydrogen) atoms. The van der Waals surface area contributed by atoms with Crippen molar-refractivity contribution in [3.05, 3.63) is 58.4 Å². The van der Waals surface area contributed by atoms with Gasteiger partial charge in [0, 0.05) is 23.4 Å². The molecular weight excluding hydrogens is 519 g/mol. The van der Waals surface area contributed by atoms with Gasteiger partial charge in [0.25, 0.3) is 5.91 Å². The van der Waals surface area contributed by atoms with Crippen LogP contribution in [0.3, 0.4) is 0 Å². The van der Waals surface area contributed by atoms with E-state index in [4.69, 9.17) is 21.1 Å². The van der Waals surface area contributed by atoms with Crippen LogP contribution in [0, 0.1) is 29.3 Å². The molecule has 3 fully saturated rings. The van der Waals surface area contributed by atoms with Gasteiger partial charge in [-0.3, -0.25) is 4.79 Å². The summed E-state index contributed by atoms with van der Waals surface area (Å²) in [6.07, 6.45) is 2.58. The number of halogens is 4. The minimum Gasteiger partial charge on any atom is -0.347 e. The number of hydrogen-bond donors (Lipinski definition) is 1. The second-order valence-corrected chi connectivity index (χ2v) is 12.8. The van der Waals surface area contributed by atoms with E-state index in [0.29, 0.717) is 31.6 Å².